The summed E-state index contributed by atoms with van der Waals surface area (Å²) in [6, 6.07) is 14.7. The highest BCUT2D eigenvalue weighted by molar-refractivity contribution is 5.87. The van der Waals surface area contributed by atoms with Crippen LogP contribution in [0.25, 0.3) is 0 Å². The van der Waals surface area contributed by atoms with Crippen molar-refractivity contribution in [3.8, 4) is 11.5 Å². The molecule has 0 aliphatic carbocycles. The molecule has 0 unspecified atom stereocenters. The second-order valence-corrected chi connectivity index (χ2v) is 6.95. The van der Waals surface area contributed by atoms with Crippen LogP contribution in [-0.2, 0) is 26.3 Å². The Morgan fingerprint density at radius 1 is 1.00 bits per heavy atom. The third-order valence-electron chi connectivity index (χ3n) is 4.57. The Morgan fingerprint density at radius 2 is 1.64 bits per heavy atom. The van der Waals surface area contributed by atoms with Gasteiger partial charge >= 0.3 is 5.97 Å². The van der Waals surface area contributed by atoms with Gasteiger partial charge in [0.15, 0.2) is 17.6 Å². The number of carbonyl (C=O) groups is 2. The van der Waals surface area contributed by atoms with Crippen molar-refractivity contribution >= 4 is 11.9 Å². The molecule has 0 fully saturated rings. The molecule has 2 aromatic rings. The van der Waals surface area contributed by atoms with Crippen LogP contribution in [0.1, 0.15) is 31.9 Å². The summed E-state index contributed by atoms with van der Waals surface area (Å²) in [4.78, 5) is 24.9. The van der Waals surface area contributed by atoms with Crippen LogP contribution in [0.15, 0.2) is 48.5 Å². The predicted molar refractivity (Wildman–Crippen MR) is 106 cm³/mol. The van der Waals surface area contributed by atoms with Gasteiger partial charge in [0.05, 0.1) is 19.6 Å². The Kier molecular flexibility index (Phi) is 7.04. The van der Waals surface area contributed by atoms with Crippen LogP contribution in [-0.4, -0.2) is 32.2 Å². The van der Waals surface area contributed by atoms with Gasteiger partial charge in [-0.2, -0.15) is 0 Å². The van der Waals surface area contributed by atoms with Gasteiger partial charge < -0.3 is 19.5 Å². The lowest BCUT2D eigenvalue weighted by atomic mass is 9.85. The van der Waals surface area contributed by atoms with Crippen molar-refractivity contribution in [1.82, 2.24) is 5.32 Å². The monoisotopic (exact) mass is 385 g/mol. The molecule has 0 saturated heterocycles. The molecule has 1 atom stereocenters. The van der Waals surface area contributed by atoms with E-state index in [9.17, 15) is 9.59 Å². The third-order valence-corrected chi connectivity index (χ3v) is 4.57. The van der Waals surface area contributed by atoms with E-state index in [2.05, 4.69) is 5.32 Å². The fourth-order valence-corrected chi connectivity index (χ4v) is 2.66. The summed E-state index contributed by atoms with van der Waals surface area (Å²) in [5, 5.41) is 2.77. The van der Waals surface area contributed by atoms with Crippen molar-refractivity contribution in [2.24, 2.45) is 0 Å². The van der Waals surface area contributed by atoms with Gasteiger partial charge in [0.2, 0.25) is 0 Å². The molecule has 2 rings (SSSR count). The van der Waals surface area contributed by atoms with E-state index in [1.807, 2.05) is 36.4 Å². The molecule has 0 bridgehead atoms. The molecule has 0 radical (unpaired) electrons. The minimum absolute atomic E-state index is 0.281. The standard InChI is InChI=1S/C22H27NO5/c1-15(28-21(25)22(2,3)17-9-7-6-8-10-17)20(24)23-14-16-11-12-18(26-4)19(13-16)27-5/h6-13,15H,14H2,1-5H3,(H,23,24)/t15-/m0/s1. The van der Waals surface area contributed by atoms with Gasteiger partial charge in [-0.05, 0) is 44.0 Å². The lowest BCUT2D eigenvalue weighted by molar-refractivity contribution is -0.159. The van der Waals surface area contributed by atoms with E-state index in [1.165, 1.54) is 0 Å². The van der Waals surface area contributed by atoms with E-state index in [1.54, 1.807) is 47.1 Å². The first-order valence-electron chi connectivity index (χ1n) is 9.04. The predicted octanol–water partition coefficient (Wildman–Crippen LogP) is 3.23. The Hall–Kier alpha value is -3.02. The van der Waals surface area contributed by atoms with Crippen LogP contribution >= 0.6 is 0 Å². The maximum absolute atomic E-state index is 12.6. The molecule has 6 heteroatoms. The van der Waals surface area contributed by atoms with Crippen molar-refractivity contribution in [3.63, 3.8) is 0 Å². The van der Waals surface area contributed by atoms with Crippen LogP contribution < -0.4 is 14.8 Å². The molecule has 150 valence electrons. The number of amides is 1. The van der Waals surface area contributed by atoms with Crippen LogP contribution in [0.4, 0.5) is 0 Å². The summed E-state index contributed by atoms with van der Waals surface area (Å²) in [7, 11) is 3.11. The molecular formula is C22H27NO5. The van der Waals surface area contributed by atoms with E-state index in [4.69, 9.17) is 14.2 Å². The smallest absolute Gasteiger partial charge is 0.316 e. The van der Waals surface area contributed by atoms with E-state index in [0.717, 1.165) is 11.1 Å². The Bertz CT molecular complexity index is 817. The maximum Gasteiger partial charge on any atom is 0.316 e. The molecular weight excluding hydrogens is 358 g/mol. The van der Waals surface area contributed by atoms with Gasteiger partial charge in [-0.25, -0.2) is 0 Å². The number of carbonyl (C=O) groups excluding carboxylic acids is 2. The van der Waals surface area contributed by atoms with E-state index in [-0.39, 0.29) is 12.5 Å². The fourth-order valence-electron chi connectivity index (χ4n) is 2.66. The van der Waals surface area contributed by atoms with Crippen molar-refractivity contribution in [2.75, 3.05) is 14.2 Å². The van der Waals surface area contributed by atoms with Gasteiger partial charge in [0.25, 0.3) is 5.91 Å². The summed E-state index contributed by atoms with van der Waals surface area (Å²) >= 11 is 0. The first-order chi connectivity index (χ1) is 13.3. The minimum atomic E-state index is -0.907. The summed E-state index contributed by atoms with van der Waals surface area (Å²) in [6.07, 6.45) is -0.907. The first-order valence-corrected chi connectivity index (χ1v) is 9.04. The van der Waals surface area contributed by atoms with Crippen molar-refractivity contribution in [3.05, 3.63) is 59.7 Å². The topological polar surface area (TPSA) is 73.9 Å². The Balaban J connectivity index is 1.95. The second-order valence-electron chi connectivity index (χ2n) is 6.95. The minimum Gasteiger partial charge on any atom is -0.493 e. The van der Waals surface area contributed by atoms with E-state index in [0.29, 0.717) is 11.5 Å². The summed E-state index contributed by atoms with van der Waals surface area (Å²) < 4.78 is 15.9. The van der Waals surface area contributed by atoms with E-state index >= 15 is 0 Å². The molecule has 1 amide bonds. The van der Waals surface area contributed by atoms with Crippen LogP contribution in [0.2, 0.25) is 0 Å². The largest absolute Gasteiger partial charge is 0.493 e. The number of nitrogens with one attached hydrogen (secondary N) is 1. The number of hydrogen-bond donors (Lipinski definition) is 1. The SMILES string of the molecule is COc1ccc(CNC(=O)[C@H](C)OC(=O)C(C)(C)c2ccccc2)cc1OC. The van der Waals surface area contributed by atoms with Gasteiger partial charge in [0.1, 0.15) is 0 Å². The van der Waals surface area contributed by atoms with E-state index < -0.39 is 17.5 Å². The normalized spacial score (nSPS) is 12.0. The number of ether oxygens (including phenoxy) is 3. The zero-order chi connectivity index (χ0) is 20.7. The number of benzene rings is 2. The second kappa shape index (κ2) is 9.26. The third kappa shape index (κ3) is 5.03. The lowest BCUT2D eigenvalue weighted by Crippen LogP contribution is -2.40. The molecule has 28 heavy (non-hydrogen) atoms. The molecule has 2 aromatic carbocycles. The molecule has 0 aliphatic heterocycles. The molecule has 0 aromatic heterocycles. The van der Waals surface area contributed by atoms with Crippen LogP contribution in [0, 0.1) is 0 Å². The quantitative estimate of drug-likeness (QED) is 0.706. The Morgan fingerprint density at radius 3 is 2.25 bits per heavy atom. The highest BCUT2D eigenvalue weighted by atomic mass is 16.5. The highest BCUT2D eigenvalue weighted by Crippen LogP contribution is 2.27. The number of esters is 1. The summed E-state index contributed by atoms with van der Waals surface area (Å²) in [5.41, 5.74) is 0.825. The van der Waals surface area contributed by atoms with Crippen molar-refractivity contribution in [1.29, 1.82) is 0 Å². The molecule has 0 saturated carbocycles. The molecule has 1 N–H and O–H groups in total. The molecule has 6 nitrogen and oxygen atoms in total. The fraction of sp³-hybridized carbons (Fsp3) is 0.364. The zero-order valence-electron chi connectivity index (χ0n) is 16.9. The maximum atomic E-state index is 12.6. The Labute approximate surface area is 165 Å². The summed E-state index contributed by atoms with van der Waals surface area (Å²) in [5.74, 6) is 0.376. The number of methoxy groups -OCH3 is 2. The van der Waals surface area contributed by atoms with Gasteiger partial charge in [-0.1, -0.05) is 36.4 Å². The number of rotatable bonds is 8. The highest BCUT2D eigenvalue weighted by Gasteiger charge is 2.33. The summed E-state index contributed by atoms with van der Waals surface area (Å²) in [6.45, 7) is 5.39. The zero-order valence-corrected chi connectivity index (χ0v) is 16.9. The van der Waals surface area contributed by atoms with Crippen molar-refractivity contribution < 1.29 is 23.8 Å². The van der Waals surface area contributed by atoms with Crippen LogP contribution in [0.5, 0.6) is 11.5 Å². The number of hydrogen-bond acceptors (Lipinski definition) is 5. The molecule has 0 spiro atoms. The van der Waals surface area contributed by atoms with Crippen molar-refractivity contribution in [2.45, 2.75) is 38.8 Å². The van der Waals surface area contributed by atoms with Crippen LogP contribution in [0.3, 0.4) is 0 Å². The van der Waals surface area contributed by atoms with Gasteiger partial charge in [0, 0.05) is 6.54 Å². The first kappa shape index (κ1) is 21.3. The lowest BCUT2D eigenvalue weighted by Gasteiger charge is -2.25. The molecule has 0 aliphatic rings. The van der Waals surface area contributed by atoms with Gasteiger partial charge in [-0.3, -0.25) is 9.59 Å². The molecule has 0 heterocycles. The van der Waals surface area contributed by atoms with Gasteiger partial charge in [-0.15, -0.1) is 0 Å². The average Bonchev–Trinajstić information content (AvgIpc) is 2.72. The average molecular weight is 385 g/mol.